The van der Waals surface area contributed by atoms with Crippen molar-refractivity contribution in [2.75, 3.05) is 0 Å². The van der Waals surface area contributed by atoms with Gasteiger partial charge in [-0.3, -0.25) is 4.79 Å². The summed E-state index contributed by atoms with van der Waals surface area (Å²) in [4.78, 5) is 10.2. The van der Waals surface area contributed by atoms with Crippen molar-refractivity contribution in [1.82, 2.24) is 0 Å². The lowest BCUT2D eigenvalue weighted by Crippen LogP contribution is -1.89. The number of benzene rings is 1. The van der Waals surface area contributed by atoms with E-state index in [0.717, 1.165) is 11.1 Å². The standard InChI is InChI=1S/C12H10O2/c1-2-10-5-3-6-11(9-10)7-4-8-12(13)14/h1,3-7,9H,8H2,(H,13,14). The number of carboxylic acids is 1. The van der Waals surface area contributed by atoms with Crippen LogP contribution in [-0.4, -0.2) is 11.1 Å². The Morgan fingerprint density at radius 3 is 3.00 bits per heavy atom. The molecule has 0 saturated carbocycles. The number of carboxylic acid groups (broad SMARTS) is 1. The molecule has 2 heteroatoms. The van der Waals surface area contributed by atoms with Gasteiger partial charge in [0.25, 0.3) is 0 Å². The van der Waals surface area contributed by atoms with Gasteiger partial charge in [-0.05, 0) is 17.7 Å². The first-order valence-corrected chi connectivity index (χ1v) is 4.17. The molecule has 1 aromatic rings. The van der Waals surface area contributed by atoms with Gasteiger partial charge in [-0.2, -0.15) is 0 Å². The smallest absolute Gasteiger partial charge is 0.307 e. The Morgan fingerprint density at radius 2 is 2.36 bits per heavy atom. The minimum absolute atomic E-state index is 0.0281. The van der Waals surface area contributed by atoms with Crippen molar-refractivity contribution in [3.05, 3.63) is 41.5 Å². The second-order valence-corrected chi connectivity index (χ2v) is 2.77. The molecule has 0 fully saturated rings. The molecule has 1 aromatic carbocycles. The summed E-state index contributed by atoms with van der Waals surface area (Å²) in [6.45, 7) is 0. The number of terminal acetylenes is 1. The molecule has 0 saturated heterocycles. The van der Waals surface area contributed by atoms with Crippen LogP contribution in [0.3, 0.4) is 0 Å². The van der Waals surface area contributed by atoms with Gasteiger partial charge in [0.2, 0.25) is 0 Å². The van der Waals surface area contributed by atoms with E-state index in [1.807, 2.05) is 24.3 Å². The Labute approximate surface area is 82.9 Å². The van der Waals surface area contributed by atoms with E-state index in [9.17, 15) is 4.79 Å². The Kier molecular flexibility index (Phi) is 3.51. The number of hydrogen-bond acceptors (Lipinski definition) is 1. The predicted molar refractivity (Wildman–Crippen MR) is 55.7 cm³/mol. The minimum atomic E-state index is -0.839. The van der Waals surface area contributed by atoms with E-state index >= 15 is 0 Å². The summed E-state index contributed by atoms with van der Waals surface area (Å²) in [5, 5.41) is 8.41. The minimum Gasteiger partial charge on any atom is -0.481 e. The zero-order chi connectivity index (χ0) is 10.4. The summed E-state index contributed by atoms with van der Waals surface area (Å²) in [7, 11) is 0. The van der Waals surface area contributed by atoms with E-state index in [1.54, 1.807) is 12.2 Å². The maximum absolute atomic E-state index is 10.2. The molecule has 0 aliphatic heterocycles. The van der Waals surface area contributed by atoms with E-state index in [2.05, 4.69) is 5.92 Å². The summed E-state index contributed by atoms with van der Waals surface area (Å²) in [5.41, 5.74) is 1.71. The van der Waals surface area contributed by atoms with Crippen molar-refractivity contribution in [2.45, 2.75) is 6.42 Å². The molecule has 0 amide bonds. The van der Waals surface area contributed by atoms with Gasteiger partial charge < -0.3 is 5.11 Å². The highest BCUT2D eigenvalue weighted by molar-refractivity contribution is 5.70. The van der Waals surface area contributed by atoms with Crippen LogP contribution in [0.1, 0.15) is 17.5 Å². The fourth-order valence-electron chi connectivity index (χ4n) is 1.03. The average molecular weight is 186 g/mol. The quantitative estimate of drug-likeness (QED) is 0.734. The molecule has 0 bridgehead atoms. The van der Waals surface area contributed by atoms with E-state index < -0.39 is 5.97 Å². The molecule has 0 spiro atoms. The molecule has 0 unspecified atom stereocenters. The number of aliphatic carboxylic acids is 1. The normalized spacial score (nSPS) is 9.93. The lowest BCUT2D eigenvalue weighted by molar-refractivity contribution is -0.135. The van der Waals surface area contributed by atoms with Crippen LogP contribution in [0.4, 0.5) is 0 Å². The zero-order valence-electron chi connectivity index (χ0n) is 7.60. The largest absolute Gasteiger partial charge is 0.481 e. The number of carbonyl (C=O) groups is 1. The van der Waals surface area contributed by atoms with Crippen LogP contribution >= 0.6 is 0 Å². The molecule has 1 N–H and O–H groups in total. The van der Waals surface area contributed by atoms with Crippen LogP contribution in [-0.2, 0) is 4.79 Å². The van der Waals surface area contributed by atoms with Gasteiger partial charge in [0.15, 0.2) is 0 Å². The Balaban J connectivity index is 2.72. The van der Waals surface area contributed by atoms with Crippen molar-refractivity contribution >= 4 is 12.0 Å². The Morgan fingerprint density at radius 1 is 1.57 bits per heavy atom. The first-order chi connectivity index (χ1) is 6.72. The Hall–Kier alpha value is -2.01. The van der Waals surface area contributed by atoms with Gasteiger partial charge in [0, 0.05) is 5.56 Å². The van der Waals surface area contributed by atoms with Gasteiger partial charge in [-0.1, -0.05) is 30.2 Å². The molecular weight excluding hydrogens is 176 g/mol. The molecule has 1 rings (SSSR count). The summed E-state index contributed by atoms with van der Waals surface area (Å²) in [6, 6.07) is 7.38. The molecule has 70 valence electrons. The molecule has 0 aromatic heterocycles. The van der Waals surface area contributed by atoms with Gasteiger partial charge in [0.1, 0.15) is 0 Å². The molecule has 14 heavy (non-hydrogen) atoms. The third-order valence-electron chi connectivity index (χ3n) is 1.66. The van der Waals surface area contributed by atoms with Gasteiger partial charge in [-0.25, -0.2) is 0 Å². The van der Waals surface area contributed by atoms with Gasteiger partial charge in [-0.15, -0.1) is 6.42 Å². The van der Waals surface area contributed by atoms with Crippen LogP contribution in [0, 0.1) is 12.3 Å². The highest BCUT2D eigenvalue weighted by atomic mass is 16.4. The van der Waals surface area contributed by atoms with Crippen LogP contribution in [0.2, 0.25) is 0 Å². The maximum atomic E-state index is 10.2. The van der Waals surface area contributed by atoms with Crippen molar-refractivity contribution in [3.63, 3.8) is 0 Å². The summed E-state index contributed by atoms with van der Waals surface area (Å²) < 4.78 is 0. The number of hydrogen-bond donors (Lipinski definition) is 1. The molecule has 0 atom stereocenters. The van der Waals surface area contributed by atoms with Crippen LogP contribution in [0.25, 0.3) is 6.08 Å². The fraction of sp³-hybridized carbons (Fsp3) is 0.0833. The lowest BCUT2D eigenvalue weighted by atomic mass is 10.1. The van der Waals surface area contributed by atoms with Crippen LogP contribution < -0.4 is 0 Å². The first kappa shape index (κ1) is 10.1. The summed E-state index contributed by atoms with van der Waals surface area (Å²) in [5.74, 6) is 1.68. The third kappa shape index (κ3) is 3.16. The second kappa shape index (κ2) is 4.88. The lowest BCUT2D eigenvalue weighted by Gasteiger charge is -1.93. The van der Waals surface area contributed by atoms with Gasteiger partial charge >= 0.3 is 5.97 Å². The molecule has 0 aliphatic carbocycles. The maximum Gasteiger partial charge on any atom is 0.307 e. The van der Waals surface area contributed by atoms with E-state index in [4.69, 9.17) is 11.5 Å². The second-order valence-electron chi connectivity index (χ2n) is 2.77. The average Bonchev–Trinajstić information content (AvgIpc) is 2.18. The molecule has 0 heterocycles. The van der Waals surface area contributed by atoms with Crippen LogP contribution in [0.15, 0.2) is 30.3 Å². The Bertz CT molecular complexity index is 397. The molecule has 0 aliphatic rings. The fourth-order valence-corrected chi connectivity index (χ4v) is 1.03. The van der Waals surface area contributed by atoms with Crippen molar-refractivity contribution in [2.24, 2.45) is 0 Å². The van der Waals surface area contributed by atoms with Crippen molar-refractivity contribution < 1.29 is 9.90 Å². The first-order valence-electron chi connectivity index (χ1n) is 4.17. The third-order valence-corrected chi connectivity index (χ3v) is 1.66. The number of rotatable bonds is 3. The molecule has 0 radical (unpaired) electrons. The predicted octanol–water partition coefficient (Wildman–Crippen LogP) is 2.16. The summed E-state index contributed by atoms with van der Waals surface area (Å²) >= 11 is 0. The topological polar surface area (TPSA) is 37.3 Å². The van der Waals surface area contributed by atoms with Crippen molar-refractivity contribution in [3.8, 4) is 12.3 Å². The van der Waals surface area contributed by atoms with Gasteiger partial charge in [0.05, 0.1) is 6.42 Å². The zero-order valence-corrected chi connectivity index (χ0v) is 7.60. The molecule has 2 nitrogen and oxygen atoms in total. The van der Waals surface area contributed by atoms with Crippen LogP contribution in [0.5, 0.6) is 0 Å². The van der Waals surface area contributed by atoms with E-state index in [0.29, 0.717) is 0 Å². The SMILES string of the molecule is C#Cc1cccc(C=CCC(=O)O)c1. The molecular formula is C12H10O2. The monoisotopic (exact) mass is 186 g/mol. The van der Waals surface area contributed by atoms with E-state index in [-0.39, 0.29) is 6.42 Å². The van der Waals surface area contributed by atoms with Crippen molar-refractivity contribution in [1.29, 1.82) is 0 Å². The van der Waals surface area contributed by atoms with E-state index in [1.165, 1.54) is 0 Å². The summed E-state index contributed by atoms with van der Waals surface area (Å²) in [6.07, 6.45) is 8.60. The highest BCUT2D eigenvalue weighted by Crippen LogP contribution is 2.06. The highest BCUT2D eigenvalue weighted by Gasteiger charge is 1.91.